The second kappa shape index (κ2) is 7.42. The monoisotopic (exact) mass is 220 g/mol. The third-order valence-corrected chi connectivity index (χ3v) is 3.05. The summed E-state index contributed by atoms with van der Waals surface area (Å²) >= 11 is 0. The molecule has 90 valence electrons. The summed E-state index contributed by atoms with van der Waals surface area (Å²) in [6.45, 7) is 6.59. The van der Waals surface area contributed by atoms with Gasteiger partial charge in [0.05, 0.1) is 0 Å². The summed E-state index contributed by atoms with van der Waals surface area (Å²) in [6.07, 6.45) is 2.23. The molecule has 0 saturated carbocycles. The van der Waals surface area contributed by atoms with Gasteiger partial charge in [-0.15, -0.1) is 0 Å². The van der Waals surface area contributed by atoms with Crippen LogP contribution >= 0.6 is 0 Å². The summed E-state index contributed by atoms with van der Waals surface area (Å²) in [5.41, 5.74) is 7.33. The highest BCUT2D eigenvalue weighted by atomic mass is 14.9. The number of rotatable bonds is 7. The molecular weight excluding hydrogens is 196 g/mol. The Labute approximate surface area is 99.2 Å². The third kappa shape index (κ3) is 4.77. The summed E-state index contributed by atoms with van der Waals surface area (Å²) in [5, 5.41) is 3.46. The van der Waals surface area contributed by atoms with E-state index in [0.717, 1.165) is 25.4 Å². The fraction of sp³-hybridized carbons (Fsp3) is 0.571. The molecule has 3 N–H and O–H groups in total. The van der Waals surface area contributed by atoms with E-state index in [1.54, 1.807) is 0 Å². The minimum Gasteiger partial charge on any atom is -0.324 e. The van der Waals surface area contributed by atoms with Crippen LogP contribution in [0.3, 0.4) is 0 Å². The van der Waals surface area contributed by atoms with Gasteiger partial charge in [-0.3, -0.25) is 0 Å². The number of hydrogen-bond acceptors (Lipinski definition) is 2. The van der Waals surface area contributed by atoms with Gasteiger partial charge in [0.2, 0.25) is 0 Å². The first-order valence-corrected chi connectivity index (χ1v) is 6.25. The van der Waals surface area contributed by atoms with Crippen LogP contribution in [0.15, 0.2) is 30.3 Å². The van der Waals surface area contributed by atoms with Crippen molar-refractivity contribution in [1.82, 2.24) is 5.32 Å². The Morgan fingerprint density at radius 3 is 2.56 bits per heavy atom. The van der Waals surface area contributed by atoms with Crippen LogP contribution in [-0.4, -0.2) is 13.1 Å². The standard InChI is InChI=1S/C14H24N2/c1-3-12(2)11-16-10-9-14(15)13-7-5-4-6-8-13/h4-8,12,14,16H,3,9-11,15H2,1-2H3. The average molecular weight is 220 g/mol. The maximum absolute atomic E-state index is 6.10. The molecule has 2 atom stereocenters. The molecule has 0 aliphatic heterocycles. The first-order valence-electron chi connectivity index (χ1n) is 6.25. The normalized spacial score (nSPS) is 14.7. The quantitative estimate of drug-likeness (QED) is 0.693. The molecular formula is C14H24N2. The molecule has 1 rings (SSSR count). The van der Waals surface area contributed by atoms with Gasteiger partial charge in [-0.1, -0.05) is 50.6 Å². The Balaban J connectivity index is 2.18. The zero-order valence-corrected chi connectivity index (χ0v) is 10.4. The van der Waals surface area contributed by atoms with E-state index in [1.165, 1.54) is 12.0 Å². The van der Waals surface area contributed by atoms with Crippen LogP contribution in [0.5, 0.6) is 0 Å². The lowest BCUT2D eigenvalue weighted by atomic mass is 10.0. The number of nitrogens with one attached hydrogen (secondary N) is 1. The van der Waals surface area contributed by atoms with Crippen molar-refractivity contribution in [3.05, 3.63) is 35.9 Å². The summed E-state index contributed by atoms with van der Waals surface area (Å²) in [6, 6.07) is 10.5. The van der Waals surface area contributed by atoms with Crippen LogP contribution in [0.4, 0.5) is 0 Å². The molecule has 2 heteroatoms. The maximum Gasteiger partial charge on any atom is 0.0306 e. The fourth-order valence-corrected chi connectivity index (χ4v) is 1.62. The predicted octanol–water partition coefficient (Wildman–Crippen LogP) is 2.71. The molecule has 2 nitrogen and oxygen atoms in total. The van der Waals surface area contributed by atoms with Crippen LogP contribution in [0.1, 0.15) is 38.3 Å². The molecule has 0 aliphatic rings. The summed E-state index contributed by atoms with van der Waals surface area (Å²) in [5.74, 6) is 0.757. The van der Waals surface area contributed by atoms with Crippen molar-refractivity contribution >= 4 is 0 Å². The number of nitrogens with two attached hydrogens (primary N) is 1. The van der Waals surface area contributed by atoms with Crippen LogP contribution in [0.25, 0.3) is 0 Å². The van der Waals surface area contributed by atoms with Gasteiger partial charge in [-0.05, 0) is 31.0 Å². The molecule has 2 unspecified atom stereocenters. The Bertz CT molecular complexity index is 271. The maximum atomic E-state index is 6.10. The van der Waals surface area contributed by atoms with Crippen molar-refractivity contribution in [2.75, 3.05) is 13.1 Å². The van der Waals surface area contributed by atoms with E-state index >= 15 is 0 Å². The van der Waals surface area contributed by atoms with Crippen LogP contribution in [0, 0.1) is 5.92 Å². The van der Waals surface area contributed by atoms with Gasteiger partial charge in [-0.25, -0.2) is 0 Å². The van der Waals surface area contributed by atoms with E-state index in [2.05, 4.69) is 31.3 Å². The Morgan fingerprint density at radius 2 is 1.94 bits per heavy atom. The van der Waals surface area contributed by atoms with Crippen LogP contribution in [-0.2, 0) is 0 Å². The van der Waals surface area contributed by atoms with Crippen molar-refractivity contribution in [3.8, 4) is 0 Å². The Morgan fingerprint density at radius 1 is 1.25 bits per heavy atom. The molecule has 16 heavy (non-hydrogen) atoms. The molecule has 0 amide bonds. The van der Waals surface area contributed by atoms with Crippen molar-refractivity contribution in [3.63, 3.8) is 0 Å². The molecule has 0 fully saturated rings. The lowest BCUT2D eigenvalue weighted by molar-refractivity contribution is 0.483. The van der Waals surface area contributed by atoms with E-state index < -0.39 is 0 Å². The van der Waals surface area contributed by atoms with Crippen molar-refractivity contribution in [2.45, 2.75) is 32.7 Å². The van der Waals surface area contributed by atoms with Gasteiger partial charge in [0, 0.05) is 6.04 Å². The van der Waals surface area contributed by atoms with Gasteiger partial charge in [0.15, 0.2) is 0 Å². The Kier molecular flexibility index (Phi) is 6.12. The molecule has 1 aromatic carbocycles. The van der Waals surface area contributed by atoms with E-state index in [0.29, 0.717) is 0 Å². The van der Waals surface area contributed by atoms with E-state index in [4.69, 9.17) is 5.73 Å². The topological polar surface area (TPSA) is 38.0 Å². The minimum absolute atomic E-state index is 0.158. The largest absolute Gasteiger partial charge is 0.324 e. The highest BCUT2D eigenvalue weighted by Crippen LogP contribution is 2.12. The van der Waals surface area contributed by atoms with Crippen molar-refractivity contribution in [2.24, 2.45) is 11.7 Å². The van der Waals surface area contributed by atoms with Crippen LogP contribution in [0.2, 0.25) is 0 Å². The van der Waals surface area contributed by atoms with Gasteiger partial charge in [-0.2, -0.15) is 0 Å². The third-order valence-electron chi connectivity index (χ3n) is 3.05. The van der Waals surface area contributed by atoms with Gasteiger partial charge >= 0.3 is 0 Å². The molecule has 0 saturated heterocycles. The molecule has 0 bridgehead atoms. The predicted molar refractivity (Wildman–Crippen MR) is 70.3 cm³/mol. The molecule has 0 aromatic heterocycles. The second-order valence-electron chi connectivity index (χ2n) is 4.52. The first-order chi connectivity index (χ1) is 7.74. The smallest absolute Gasteiger partial charge is 0.0306 e. The number of benzene rings is 1. The lowest BCUT2D eigenvalue weighted by Gasteiger charge is -2.14. The zero-order chi connectivity index (χ0) is 11.8. The zero-order valence-electron chi connectivity index (χ0n) is 10.4. The minimum atomic E-state index is 0.158. The highest BCUT2D eigenvalue weighted by Gasteiger charge is 2.04. The van der Waals surface area contributed by atoms with Gasteiger partial charge in [0.1, 0.15) is 0 Å². The lowest BCUT2D eigenvalue weighted by Crippen LogP contribution is -2.25. The molecule has 0 spiro atoms. The molecule has 1 aromatic rings. The highest BCUT2D eigenvalue weighted by molar-refractivity contribution is 5.18. The second-order valence-corrected chi connectivity index (χ2v) is 4.52. The van der Waals surface area contributed by atoms with E-state index in [1.807, 2.05) is 18.2 Å². The summed E-state index contributed by atoms with van der Waals surface area (Å²) in [7, 11) is 0. The van der Waals surface area contributed by atoms with Crippen molar-refractivity contribution in [1.29, 1.82) is 0 Å². The fourth-order valence-electron chi connectivity index (χ4n) is 1.62. The SMILES string of the molecule is CCC(C)CNCCC(N)c1ccccc1. The number of hydrogen-bond donors (Lipinski definition) is 2. The van der Waals surface area contributed by atoms with Gasteiger partial charge in [0.25, 0.3) is 0 Å². The summed E-state index contributed by atoms with van der Waals surface area (Å²) < 4.78 is 0. The average Bonchev–Trinajstić information content (AvgIpc) is 2.35. The first kappa shape index (κ1) is 13.2. The molecule has 0 heterocycles. The summed E-state index contributed by atoms with van der Waals surface area (Å²) in [4.78, 5) is 0. The van der Waals surface area contributed by atoms with Crippen molar-refractivity contribution < 1.29 is 0 Å². The van der Waals surface area contributed by atoms with E-state index in [9.17, 15) is 0 Å². The molecule has 0 aliphatic carbocycles. The van der Waals surface area contributed by atoms with Gasteiger partial charge < -0.3 is 11.1 Å². The van der Waals surface area contributed by atoms with E-state index in [-0.39, 0.29) is 6.04 Å². The van der Waals surface area contributed by atoms with Crippen LogP contribution < -0.4 is 11.1 Å². The molecule has 0 radical (unpaired) electrons. The Hall–Kier alpha value is -0.860.